The molecule has 0 unspecified atom stereocenters. The molecule has 4 rings (SSSR count). The van der Waals surface area contributed by atoms with Gasteiger partial charge in [-0.2, -0.15) is 13.2 Å². The van der Waals surface area contributed by atoms with E-state index in [2.05, 4.69) is 9.97 Å². The van der Waals surface area contributed by atoms with Crippen molar-refractivity contribution in [1.82, 2.24) is 9.97 Å². The number of alkyl halides is 3. The van der Waals surface area contributed by atoms with Crippen molar-refractivity contribution < 1.29 is 22.7 Å². The van der Waals surface area contributed by atoms with Gasteiger partial charge < -0.3 is 9.52 Å². The van der Waals surface area contributed by atoms with E-state index in [1.54, 1.807) is 36.7 Å². The summed E-state index contributed by atoms with van der Waals surface area (Å²) in [6.07, 6.45) is -0.992. The molecule has 1 atom stereocenters. The van der Waals surface area contributed by atoms with Crippen LogP contribution in [-0.4, -0.2) is 21.3 Å². The average Bonchev–Trinajstić information content (AvgIpc) is 3.21. The van der Waals surface area contributed by atoms with Gasteiger partial charge in [-0.25, -0.2) is 9.78 Å². The van der Waals surface area contributed by atoms with Crippen LogP contribution >= 0.6 is 23.1 Å². The van der Waals surface area contributed by atoms with Crippen molar-refractivity contribution in [2.24, 2.45) is 0 Å². The summed E-state index contributed by atoms with van der Waals surface area (Å²) in [5.74, 6) is 0. The van der Waals surface area contributed by atoms with Gasteiger partial charge in [0, 0.05) is 46.1 Å². The highest BCUT2D eigenvalue weighted by atomic mass is 32.2. The third-order valence-corrected chi connectivity index (χ3v) is 6.98. The third-order valence-electron chi connectivity index (χ3n) is 4.77. The van der Waals surface area contributed by atoms with E-state index in [-0.39, 0.29) is 4.88 Å². The first-order valence-electron chi connectivity index (χ1n) is 9.13. The standard InChI is InChI=1S/C21H15F3N2O3S2/c1-2-20(28,21(22,23)24)17-11-26-19(31-17)30-13-5-6-14-15(12-4-3-7-25-10-12)9-18(27)29-16(14)8-13/h3-11,28H,2H2,1H3/t20-/m0/s1. The zero-order valence-corrected chi connectivity index (χ0v) is 17.6. The van der Waals surface area contributed by atoms with E-state index in [0.29, 0.717) is 25.8 Å². The molecule has 10 heteroatoms. The molecule has 1 aromatic carbocycles. The van der Waals surface area contributed by atoms with Gasteiger partial charge in [-0.05, 0) is 30.7 Å². The predicted molar refractivity (Wildman–Crippen MR) is 112 cm³/mol. The Morgan fingerprint density at radius 1 is 1.19 bits per heavy atom. The number of halogens is 3. The first kappa shape index (κ1) is 21.5. The predicted octanol–water partition coefficient (Wildman–Crippen LogP) is 5.62. The van der Waals surface area contributed by atoms with Gasteiger partial charge in [0.2, 0.25) is 0 Å². The number of hydrogen-bond acceptors (Lipinski definition) is 7. The molecular formula is C21H15F3N2O3S2. The molecule has 0 aliphatic carbocycles. The number of pyridine rings is 1. The molecule has 31 heavy (non-hydrogen) atoms. The molecule has 0 saturated heterocycles. The van der Waals surface area contributed by atoms with Crippen molar-refractivity contribution in [1.29, 1.82) is 0 Å². The normalized spacial score (nSPS) is 14.0. The lowest BCUT2D eigenvalue weighted by Crippen LogP contribution is -2.40. The highest BCUT2D eigenvalue weighted by molar-refractivity contribution is 8.01. The second-order valence-electron chi connectivity index (χ2n) is 6.68. The summed E-state index contributed by atoms with van der Waals surface area (Å²) in [5.41, 5.74) is -1.68. The topological polar surface area (TPSA) is 76.2 Å². The Morgan fingerprint density at radius 3 is 2.68 bits per heavy atom. The number of rotatable bonds is 5. The molecule has 4 aromatic rings. The van der Waals surface area contributed by atoms with Crippen LogP contribution in [0.2, 0.25) is 0 Å². The maximum Gasteiger partial charge on any atom is 0.422 e. The maximum atomic E-state index is 13.3. The number of benzene rings is 1. The van der Waals surface area contributed by atoms with Crippen LogP contribution in [0.1, 0.15) is 18.2 Å². The van der Waals surface area contributed by atoms with Crippen LogP contribution in [0.5, 0.6) is 0 Å². The molecule has 5 nitrogen and oxygen atoms in total. The minimum Gasteiger partial charge on any atom is -0.423 e. The monoisotopic (exact) mass is 464 g/mol. The van der Waals surface area contributed by atoms with Gasteiger partial charge in [-0.3, -0.25) is 4.98 Å². The highest BCUT2D eigenvalue weighted by Crippen LogP contribution is 2.45. The molecule has 3 aromatic heterocycles. The second kappa shape index (κ2) is 8.10. The smallest absolute Gasteiger partial charge is 0.422 e. The van der Waals surface area contributed by atoms with Gasteiger partial charge in [-0.15, -0.1) is 11.3 Å². The van der Waals surface area contributed by atoms with Crippen molar-refractivity contribution in [2.75, 3.05) is 0 Å². The van der Waals surface area contributed by atoms with E-state index in [0.717, 1.165) is 34.9 Å². The van der Waals surface area contributed by atoms with Crippen LogP contribution in [0.3, 0.4) is 0 Å². The molecule has 1 N–H and O–H groups in total. The molecule has 0 saturated carbocycles. The fraction of sp³-hybridized carbons (Fsp3) is 0.190. The molecule has 0 spiro atoms. The number of aliphatic hydroxyl groups is 1. The van der Waals surface area contributed by atoms with Crippen molar-refractivity contribution in [3.63, 3.8) is 0 Å². The van der Waals surface area contributed by atoms with E-state index in [1.165, 1.54) is 13.0 Å². The number of aromatic nitrogens is 2. The summed E-state index contributed by atoms with van der Waals surface area (Å²) in [7, 11) is 0. The fourth-order valence-corrected chi connectivity index (χ4v) is 5.24. The van der Waals surface area contributed by atoms with Crippen molar-refractivity contribution in [3.8, 4) is 11.1 Å². The Balaban J connectivity index is 1.68. The summed E-state index contributed by atoms with van der Waals surface area (Å²) >= 11 is 1.90. The van der Waals surface area contributed by atoms with Crippen LogP contribution in [0.15, 0.2) is 73.4 Å². The molecule has 0 aliphatic rings. The third kappa shape index (κ3) is 4.10. The Bertz CT molecular complexity index is 1290. The van der Waals surface area contributed by atoms with Gasteiger partial charge in [-0.1, -0.05) is 24.8 Å². The first-order valence-corrected chi connectivity index (χ1v) is 10.8. The number of nitrogens with zero attached hydrogens (tertiary/aromatic N) is 2. The van der Waals surface area contributed by atoms with Crippen LogP contribution in [0, 0.1) is 0 Å². The zero-order valence-electron chi connectivity index (χ0n) is 16.0. The maximum absolute atomic E-state index is 13.3. The van der Waals surface area contributed by atoms with E-state index < -0.39 is 23.8 Å². The molecule has 0 fully saturated rings. The second-order valence-corrected chi connectivity index (χ2v) is 9.03. The summed E-state index contributed by atoms with van der Waals surface area (Å²) in [4.78, 5) is 20.5. The molecule has 0 radical (unpaired) electrons. The lowest BCUT2D eigenvalue weighted by atomic mass is 9.99. The van der Waals surface area contributed by atoms with E-state index in [1.807, 2.05) is 6.07 Å². The molecule has 3 heterocycles. The lowest BCUT2D eigenvalue weighted by molar-refractivity contribution is -0.266. The van der Waals surface area contributed by atoms with Crippen LogP contribution in [0.25, 0.3) is 22.1 Å². The minimum absolute atomic E-state index is 0.267. The lowest BCUT2D eigenvalue weighted by Gasteiger charge is -2.27. The SMILES string of the molecule is CC[C@](O)(c1cnc(Sc2ccc3c(-c4cccnc4)cc(=O)oc3c2)s1)C(F)(F)F. The van der Waals surface area contributed by atoms with Crippen LogP contribution in [0.4, 0.5) is 13.2 Å². The van der Waals surface area contributed by atoms with E-state index in [4.69, 9.17) is 4.42 Å². The van der Waals surface area contributed by atoms with Crippen molar-refractivity contribution in [2.45, 2.75) is 34.4 Å². The van der Waals surface area contributed by atoms with Gasteiger partial charge in [0.05, 0.1) is 4.88 Å². The Morgan fingerprint density at radius 2 is 2.00 bits per heavy atom. The number of fused-ring (bicyclic) bond motifs is 1. The number of hydrogen-bond donors (Lipinski definition) is 1. The number of thiazole rings is 1. The minimum atomic E-state index is -4.80. The molecule has 160 valence electrons. The first-order chi connectivity index (χ1) is 14.7. The van der Waals surface area contributed by atoms with Crippen LogP contribution in [-0.2, 0) is 5.60 Å². The molecule has 0 amide bonds. The summed E-state index contributed by atoms with van der Waals surface area (Å²) in [5, 5.41) is 10.8. The summed E-state index contributed by atoms with van der Waals surface area (Å²) < 4.78 is 45.5. The fourth-order valence-electron chi connectivity index (χ4n) is 3.08. The zero-order chi connectivity index (χ0) is 22.2. The molecular weight excluding hydrogens is 449 g/mol. The quantitative estimate of drug-likeness (QED) is 0.386. The molecule has 0 bridgehead atoms. The molecule has 0 aliphatic heterocycles. The van der Waals surface area contributed by atoms with Crippen molar-refractivity contribution >= 4 is 34.1 Å². The van der Waals surface area contributed by atoms with Gasteiger partial charge >= 0.3 is 11.8 Å². The average molecular weight is 464 g/mol. The summed E-state index contributed by atoms with van der Waals surface area (Å²) in [6.45, 7) is 1.27. The Hall–Kier alpha value is -2.69. The summed E-state index contributed by atoms with van der Waals surface area (Å²) in [6, 6.07) is 10.2. The van der Waals surface area contributed by atoms with Gasteiger partial charge in [0.15, 0.2) is 9.94 Å². The largest absolute Gasteiger partial charge is 0.423 e. The van der Waals surface area contributed by atoms with E-state index in [9.17, 15) is 23.1 Å². The van der Waals surface area contributed by atoms with Crippen LogP contribution < -0.4 is 5.63 Å². The van der Waals surface area contributed by atoms with E-state index >= 15 is 0 Å². The van der Waals surface area contributed by atoms with Crippen molar-refractivity contribution in [3.05, 3.63) is 70.3 Å². The van der Waals surface area contributed by atoms with Gasteiger partial charge in [0.25, 0.3) is 0 Å². The van der Waals surface area contributed by atoms with Gasteiger partial charge in [0.1, 0.15) is 5.58 Å². The highest BCUT2D eigenvalue weighted by Gasteiger charge is 2.54. The Kier molecular flexibility index (Phi) is 5.63. The Labute approximate surface area is 182 Å².